The van der Waals surface area contributed by atoms with Crippen LogP contribution >= 0.6 is 0 Å². The van der Waals surface area contributed by atoms with E-state index in [2.05, 4.69) is 32.7 Å². The van der Waals surface area contributed by atoms with Crippen LogP contribution < -0.4 is 0 Å². The van der Waals surface area contributed by atoms with Gasteiger partial charge in [0.15, 0.2) is 0 Å². The Morgan fingerprint density at radius 3 is 2.33 bits per heavy atom. The second-order valence-corrected chi connectivity index (χ2v) is 8.07. The highest BCUT2D eigenvalue weighted by Crippen LogP contribution is 2.40. The molecule has 122 valence electrons. The lowest BCUT2D eigenvalue weighted by molar-refractivity contribution is -0.143. The van der Waals surface area contributed by atoms with Crippen molar-refractivity contribution in [3.63, 3.8) is 0 Å². The van der Waals surface area contributed by atoms with Crippen LogP contribution in [0.1, 0.15) is 46.5 Å². The molecule has 2 rings (SSSR count). The Kier molecular flexibility index (Phi) is 5.31. The first-order valence-electron chi connectivity index (χ1n) is 8.30. The number of hydrogen-bond donors (Lipinski definition) is 1. The minimum atomic E-state index is -0.721. The third-order valence-electron chi connectivity index (χ3n) is 5.55. The molecule has 0 amide bonds. The molecule has 1 saturated carbocycles. The maximum atomic E-state index is 11.3. The van der Waals surface area contributed by atoms with Gasteiger partial charge in [-0.25, -0.2) is 0 Å². The molecule has 0 bridgehead atoms. The zero-order chi connectivity index (χ0) is 15.6. The molecule has 1 aliphatic heterocycles. The van der Waals surface area contributed by atoms with Gasteiger partial charge < -0.3 is 9.84 Å². The summed E-state index contributed by atoms with van der Waals surface area (Å²) < 4.78 is 5.38. The van der Waals surface area contributed by atoms with Gasteiger partial charge in [-0.15, -0.1) is 0 Å². The molecule has 1 aliphatic carbocycles. The number of carboxylic acids is 1. The number of nitrogens with zero attached hydrogens (tertiary/aromatic N) is 1. The zero-order valence-electron chi connectivity index (χ0n) is 14.0. The van der Waals surface area contributed by atoms with Crippen LogP contribution in [0.5, 0.6) is 0 Å². The van der Waals surface area contributed by atoms with E-state index in [1.54, 1.807) is 0 Å². The van der Waals surface area contributed by atoms with Gasteiger partial charge in [0.25, 0.3) is 0 Å². The van der Waals surface area contributed by atoms with E-state index in [0.717, 1.165) is 12.5 Å². The summed E-state index contributed by atoms with van der Waals surface area (Å²) in [6, 6.07) is 0.0443. The zero-order valence-corrected chi connectivity index (χ0v) is 14.0. The second kappa shape index (κ2) is 6.66. The minimum Gasteiger partial charge on any atom is -0.481 e. The maximum Gasteiger partial charge on any atom is 0.310 e. The molecule has 0 radical (unpaired) electrons. The SMILES string of the molecule is CN(CC1CCC(C(C)(C)C)CC1)C1COCC1C(=O)O. The van der Waals surface area contributed by atoms with E-state index in [-0.39, 0.29) is 12.0 Å². The first-order chi connectivity index (χ1) is 9.79. The number of aliphatic carboxylic acids is 1. The molecule has 0 spiro atoms. The molecule has 2 aliphatic rings. The van der Waals surface area contributed by atoms with Crippen LogP contribution in [0.2, 0.25) is 0 Å². The van der Waals surface area contributed by atoms with Crippen LogP contribution in [0.15, 0.2) is 0 Å². The van der Waals surface area contributed by atoms with E-state index in [1.165, 1.54) is 25.7 Å². The maximum absolute atomic E-state index is 11.3. The van der Waals surface area contributed by atoms with Crippen molar-refractivity contribution in [3.8, 4) is 0 Å². The van der Waals surface area contributed by atoms with Gasteiger partial charge in [0.05, 0.1) is 19.1 Å². The Labute approximate surface area is 128 Å². The Morgan fingerprint density at radius 1 is 1.19 bits per heavy atom. The Bertz CT molecular complexity index is 356. The van der Waals surface area contributed by atoms with E-state index in [9.17, 15) is 9.90 Å². The Balaban J connectivity index is 1.82. The molecular formula is C17H31NO3. The van der Waals surface area contributed by atoms with Crippen molar-refractivity contribution in [2.24, 2.45) is 23.2 Å². The predicted molar refractivity (Wildman–Crippen MR) is 83.3 cm³/mol. The minimum absolute atomic E-state index is 0.0443. The standard InChI is InChI=1S/C17H31NO3/c1-17(2,3)13-7-5-12(6-8-13)9-18(4)15-11-21-10-14(15)16(19)20/h12-15H,5-11H2,1-4H3,(H,19,20). The van der Waals surface area contributed by atoms with Crippen molar-refractivity contribution in [1.82, 2.24) is 4.90 Å². The summed E-state index contributed by atoms with van der Waals surface area (Å²) >= 11 is 0. The largest absolute Gasteiger partial charge is 0.481 e. The van der Waals surface area contributed by atoms with Crippen LogP contribution in [0.4, 0.5) is 0 Å². The molecule has 1 N–H and O–H groups in total. The summed E-state index contributed by atoms with van der Waals surface area (Å²) in [4.78, 5) is 13.5. The molecular weight excluding hydrogens is 266 g/mol. The average molecular weight is 297 g/mol. The molecule has 0 aromatic rings. The van der Waals surface area contributed by atoms with Gasteiger partial charge in [-0.3, -0.25) is 9.69 Å². The lowest BCUT2D eigenvalue weighted by atomic mass is 9.70. The van der Waals surface area contributed by atoms with E-state index in [1.807, 2.05) is 0 Å². The average Bonchev–Trinajstić information content (AvgIpc) is 2.87. The van der Waals surface area contributed by atoms with Crippen molar-refractivity contribution < 1.29 is 14.6 Å². The lowest BCUT2D eigenvalue weighted by Gasteiger charge is -2.39. The summed E-state index contributed by atoms with van der Waals surface area (Å²) in [5, 5.41) is 9.26. The summed E-state index contributed by atoms with van der Waals surface area (Å²) in [6.45, 7) is 8.97. The Hall–Kier alpha value is -0.610. The normalized spacial score (nSPS) is 34.3. The number of carbonyl (C=O) groups is 1. The summed E-state index contributed by atoms with van der Waals surface area (Å²) in [5.74, 6) is 0.464. The third kappa shape index (κ3) is 4.19. The summed E-state index contributed by atoms with van der Waals surface area (Å²) in [5.41, 5.74) is 0.421. The van der Waals surface area contributed by atoms with Gasteiger partial charge in [-0.2, -0.15) is 0 Å². The summed E-state index contributed by atoms with van der Waals surface area (Å²) in [7, 11) is 2.06. The van der Waals surface area contributed by atoms with Crippen molar-refractivity contribution in [3.05, 3.63) is 0 Å². The smallest absolute Gasteiger partial charge is 0.310 e. The molecule has 0 aromatic carbocycles. The van der Waals surface area contributed by atoms with Crippen LogP contribution in [0, 0.1) is 23.2 Å². The van der Waals surface area contributed by atoms with Crippen molar-refractivity contribution >= 4 is 5.97 Å². The van der Waals surface area contributed by atoms with Gasteiger partial charge in [0, 0.05) is 12.6 Å². The monoisotopic (exact) mass is 297 g/mol. The number of ether oxygens (including phenoxy) is 1. The fourth-order valence-electron chi connectivity index (χ4n) is 3.97. The van der Waals surface area contributed by atoms with Crippen molar-refractivity contribution in [2.75, 3.05) is 26.8 Å². The quantitative estimate of drug-likeness (QED) is 0.867. The van der Waals surface area contributed by atoms with Crippen LogP contribution in [-0.2, 0) is 9.53 Å². The summed E-state index contributed by atoms with van der Waals surface area (Å²) in [6.07, 6.45) is 5.17. The van der Waals surface area contributed by atoms with E-state index < -0.39 is 5.97 Å². The van der Waals surface area contributed by atoms with Gasteiger partial charge in [0.1, 0.15) is 0 Å². The highest BCUT2D eigenvalue weighted by Gasteiger charge is 2.38. The number of hydrogen-bond acceptors (Lipinski definition) is 3. The number of rotatable bonds is 4. The van der Waals surface area contributed by atoms with E-state index >= 15 is 0 Å². The fourth-order valence-corrected chi connectivity index (χ4v) is 3.97. The van der Waals surface area contributed by atoms with E-state index in [0.29, 0.717) is 24.5 Å². The van der Waals surface area contributed by atoms with Crippen molar-refractivity contribution in [1.29, 1.82) is 0 Å². The fraction of sp³-hybridized carbons (Fsp3) is 0.941. The molecule has 2 unspecified atom stereocenters. The molecule has 0 aromatic heterocycles. The third-order valence-corrected chi connectivity index (χ3v) is 5.55. The van der Waals surface area contributed by atoms with Crippen molar-refractivity contribution in [2.45, 2.75) is 52.5 Å². The highest BCUT2D eigenvalue weighted by molar-refractivity contribution is 5.71. The van der Waals surface area contributed by atoms with Gasteiger partial charge in [0.2, 0.25) is 0 Å². The molecule has 21 heavy (non-hydrogen) atoms. The highest BCUT2D eigenvalue weighted by atomic mass is 16.5. The topological polar surface area (TPSA) is 49.8 Å². The van der Waals surface area contributed by atoms with Crippen LogP contribution in [-0.4, -0.2) is 48.8 Å². The van der Waals surface area contributed by atoms with Gasteiger partial charge >= 0.3 is 5.97 Å². The van der Waals surface area contributed by atoms with Gasteiger partial charge in [-0.1, -0.05) is 20.8 Å². The predicted octanol–water partition coefficient (Wildman–Crippen LogP) is 2.87. The Morgan fingerprint density at radius 2 is 1.81 bits per heavy atom. The first kappa shape index (κ1) is 16.8. The number of carboxylic acid groups (broad SMARTS) is 1. The molecule has 1 saturated heterocycles. The van der Waals surface area contributed by atoms with Gasteiger partial charge in [-0.05, 0) is 50.0 Å². The molecule has 1 heterocycles. The molecule has 4 heteroatoms. The van der Waals surface area contributed by atoms with Crippen LogP contribution in [0.25, 0.3) is 0 Å². The lowest BCUT2D eigenvalue weighted by Crippen LogP contribution is -2.43. The first-order valence-corrected chi connectivity index (χ1v) is 8.30. The van der Waals surface area contributed by atoms with Crippen LogP contribution in [0.3, 0.4) is 0 Å². The molecule has 2 atom stereocenters. The second-order valence-electron chi connectivity index (χ2n) is 8.07. The molecule has 4 nitrogen and oxygen atoms in total. The molecule has 2 fully saturated rings. The van der Waals surface area contributed by atoms with E-state index in [4.69, 9.17) is 4.74 Å². The number of likely N-dealkylation sites (N-methyl/N-ethyl adjacent to an activating group) is 1.